The maximum atomic E-state index is 5.85. The van der Waals surface area contributed by atoms with E-state index in [1.807, 2.05) is 6.92 Å². The first kappa shape index (κ1) is 13.4. The summed E-state index contributed by atoms with van der Waals surface area (Å²) < 4.78 is 5.42. The highest BCUT2D eigenvalue weighted by Crippen LogP contribution is 2.30. The first-order chi connectivity index (χ1) is 7.62. The number of benzene rings is 1. The molecule has 0 aliphatic carbocycles. The molecular formula is C13H21NOS. The molecule has 3 heteroatoms. The van der Waals surface area contributed by atoms with Gasteiger partial charge < -0.3 is 10.5 Å². The molecule has 0 heterocycles. The van der Waals surface area contributed by atoms with Gasteiger partial charge in [-0.15, -0.1) is 11.8 Å². The van der Waals surface area contributed by atoms with Crippen molar-refractivity contribution in [3.05, 3.63) is 23.3 Å². The smallest absolute Gasteiger partial charge is 0.122 e. The molecule has 2 N–H and O–H groups in total. The van der Waals surface area contributed by atoms with Gasteiger partial charge in [-0.3, -0.25) is 0 Å². The number of ether oxygens (including phenoxy) is 1. The van der Waals surface area contributed by atoms with Crippen LogP contribution in [0.15, 0.2) is 17.0 Å². The third kappa shape index (κ3) is 3.16. The van der Waals surface area contributed by atoms with Gasteiger partial charge in [0.05, 0.1) is 7.11 Å². The molecule has 0 fully saturated rings. The number of aryl methyl sites for hydroxylation is 1. The highest BCUT2D eigenvalue weighted by atomic mass is 32.2. The van der Waals surface area contributed by atoms with Crippen molar-refractivity contribution in [2.24, 2.45) is 5.73 Å². The minimum absolute atomic E-state index is 0.163. The van der Waals surface area contributed by atoms with E-state index in [0.717, 1.165) is 18.6 Å². The Kier molecular flexibility index (Phi) is 5.16. The van der Waals surface area contributed by atoms with E-state index in [0.29, 0.717) is 0 Å². The lowest BCUT2D eigenvalue weighted by atomic mass is 10.0. The fraction of sp³-hybridized carbons (Fsp3) is 0.538. The summed E-state index contributed by atoms with van der Waals surface area (Å²) >= 11 is 1.78. The van der Waals surface area contributed by atoms with Crippen molar-refractivity contribution in [1.29, 1.82) is 0 Å². The summed E-state index contributed by atoms with van der Waals surface area (Å²) in [4.78, 5) is 1.33. The fourth-order valence-electron chi connectivity index (χ4n) is 1.81. The SMILES string of the molecule is CCc1cc(OC)c(C[C@H](C)N)cc1SC. The highest BCUT2D eigenvalue weighted by molar-refractivity contribution is 7.98. The monoisotopic (exact) mass is 239 g/mol. The maximum absolute atomic E-state index is 5.85. The average Bonchev–Trinajstić information content (AvgIpc) is 2.27. The zero-order chi connectivity index (χ0) is 12.1. The molecule has 0 bridgehead atoms. The van der Waals surface area contributed by atoms with Gasteiger partial charge in [0.25, 0.3) is 0 Å². The molecule has 0 aliphatic rings. The fourth-order valence-corrected chi connectivity index (χ4v) is 2.53. The zero-order valence-electron chi connectivity index (χ0n) is 10.5. The van der Waals surface area contributed by atoms with Crippen molar-refractivity contribution >= 4 is 11.8 Å². The Hall–Kier alpha value is -0.670. The second kappa shape index (κ2) is 6.16. The summed E-state index contributed by atoms with van der Waals surface area (Å²) in [6.07, 6.45) is 4.00. The highest BCUT2D eigenvalue weighted by Gasteiger charge is 2.10. The van der Waals surface area contributed by atoms with Crippen molar-refractivity contribution in [2.45, 2.75) is 37.6 Å². The molecule has 0 saturated heterocycles. The van der Waals surface area contributed by atoms with Gasteiger partial charge in [-0.1, -0.05) is 6.92 Å². The number of methoxy groups -OCH3 is 1. The topological polar surface area (TPSA) is 35.2 Å². The summed E-state index contributed by atoms with van der Waals surface area (Å²) in [5.41, 5.74) is 8.40. The molecule has 0 spiro atoms. The lowest BCUT2D eigenvalue weighted by Gasteiger charge is -2.15. The van der Waals surface area contributed by atoms with Gasteiger partial charge in [0.15, 0.2) is 0 Å². The van der Waals surface area contributed by atoms with Crippen LogP contribution < -0.4 is 10.5 Å². The van der Waals surface area contributed by atoms with Crippen LogP contribution in [0.3, 0.4) is 0 Å². The molecule has 1 atom stereocenters. The molecule has 0 amide bonds. The Morgan fingerprint density at radius 3 is 2.50 bits per heavy atom. The summed E-state index contributed by atoms with van der Waals surface area (Å²) in [5.74, 6) is 0.965. The van der Waals surface area contributed by atoms with Gasteiger partial charge in [-0.05, 0) is 49.3 Å². The number of hydrogen-bond donors (Lipinski definition) is 1. The quantitative estimate of drug-likeness (QED) is 0.802. The van der Waals surface area contributed by atoms with Gasteiger partial charge in [0.1, 0.15) is 5.75 Å². The first-order valence-corrected chi connectivity index (χ1v) is 6.84. The summed E-state index contributed by atoms with van der Waals surface area (Å²) in [6, 6.07) is 4.52. The summed E-state index contributed by atoms with van der Waals surface area (Å²) in [6.45, 7) is 4.19. The zero-order valence-corrected chi connectivity index (χ0v) is 11.4. The first-order valence-electron chi connectivity index (χ1n) is 5.61. The van der Waals surface area contributed by atoms with Gasteiger partial charge >= 0.3 is 0 Å². The van der Waals surface area contributed by atoms with Gasteiger partial charge in [0.2, 0.25) is 0 Å². The van der Waals surface area contributed by atoms with E-state index >= 15 is 0 Å². The molecule has 1 aromatic rings. The molecule has 1 aromatic carbocycles. The van der Waals surface area contributed by atoms with Crippen LogP contribution in [0.5, 0.6) is 5.75 Å². The molecule has 90 valence electrons. The predicted octanol–water partition coefficient (Wildman–Crippen LogP) is 2.87. The second-order valence-electron chi connectivity index (χ2n) is 4.01. The number of rotatable bonds is 5. The van der Waals surface area contributed by atoms with Crippen LogP contribution in [0.2, 0.25) is 0 Å². The Labute approximate surface area is 103 Å². The number of thioether (sulfide) groups is 1. The van der Waals surface area contributed by atoms with Crippen LogP contribution in [-0.2, 0) is 12.8 Å². The summed E-state index contributed by atoms with van der Waals surface area (Å²) in [7, 11) is 1.72. The van der Waals surface area contributed by atoms with E-state index in [1.165, 1.54) is 16.0 Å². The molecule has 0 aromatic heterocycles. The molecule has 1 rings (SSSR count). The Morgan fingerprint density at radius 2 is 2.06 bits per heavy atom. The minimum atomic E-state index is 0.163. The van der Waals surface area contributed by atoms with Gasteiger partial charge in [-0.25, -0.2) is 0 Å². The van der Waals surface area contributed by atoms with E-state index in [-0.39, 0.29) is 6.04 Å². The van der Waals surface area contributed by atoms with E-state index in [2.05, 4.69) is 25.3 Å². The molecule has 2 nitrogen and oxygen atoms in total. The van der Waals surface area contributed by atoms with Gasteiger partial charge in [0, 0.05) is 10.9 Å². The molecule has 0 unspecified atom stereocenters. The largest absolute Gasteiger partial charge is 0.496 e. The predicted molar refractivity (Wildman–Crippen MR) is 71.5 cm³/mol. The van der Waals surface area contributed by atoms with Crippen molar-refractivity contribution in [3.8, 4) is 5.75 Å². The Bertz CT molecular complexity index is 350. The van der Waals surface area contributed by atoms with Gasteiger partial charge in [-0.2, -0.15) is 0 Å². The third-order valence-corrected chi connectivity index (χ3v) is 3.43. The van der Waals surface area contributed by atoms with E-state index in [9.17, 15) is 0 Å². The van der Waals surface area contributed by atoms with Crippen LogP contribution in [-0.4, -0.2) is 19.4 Å². The number of nitrogens with two attached hydrogens (primary N) is 1. The van der Waals surface area contributed by atoms with E-state index in [4.69, 9.17) is 10.5 Å². The van der Waals surface area contributed by atoms with Crippen LogP contribution >= 0.6 is 11.8 Å². The molecule has 0 aliphatic heterocycles. The molecule has 0 radical (unpaired) electrons. The Morgan fingerprint density at radius 1 is 1.38 bits per heavy atom. The number of hydrogen-bond acceptors (Lipinski definition) is 3. The van der Waals surface area contributed by atoms with Crippen molar-refractivity contribution in [2.75, 3.05) is 13.4 Å². The Balaban J connectivity index is 3.15. The molecular weight excluding hydrogens is 218 g/mol. The minimum Gasteiger partial charge on any atom is -0.496 e. The van der Waals surface area contributed by atoms with Crippen LogP contribution in [0.4, 0.5) is 0 Å². The third-order valence-electron chi connectivity index (χ3n) is 2.61. The van der Waals surface area contributed by atoms with E-state index < -0.39 is 0 Å². The van der Waals surface area contributed by atoms with E-state index in [1.54, 1.807) is 18.9 Å². The molecule has 16 heavy (non-hydrogen) atoms. The van der Waals surface area contributed by atoms with Crippen LogP contribution in [0, 0.1) is 0 Å². The summed E-state index contributed by atoms with van der Waals surface area (Å²) in [5, 5.41) is 0. The standard InChI is InChI=1S/C13H21NOS/c1-5-10-7-12(15-3)11(6-9(2)14)8-13(10)16-4/h7-9H,5-6,14H2,1-4H3/t9-/m0/s1. The lowest BCUT2D eigenvalue weighted by Crippen LogP contribution is -2.18. The van der Waals surface area contributed by atoms with Crippen molar-refractivity contribution in [3.63, 3.8) is 0 Å². The average molecular weight is 239 g/mol. The van der Waals surface area contributed by atoms with Crippen molar-refractivity contribution < 1.29 is 4.74 Å². The molecule has 0 saturated carbocycles. The van der Waals surface area contributed by atoms with Crippen molar-refractivity contribution in [1.82, 2.24) is 0 Å². The van der Waals surface area contributed by atoms with Crippen LogP contribution in [0.1, 0.15) is 25.0 Å². The second-order valence-corrected chi connectivity index (χ2v) is 4.86. The lowest BCUT2D eigenvalue weighted by molar-refractivity contribution is 0.407. The maximum Gasteiger partial charge on any atom is 0.122 e. The van der Waals surface area contributed by atoms with Crippen LogP contribution in [0.25, 0.3) is 0 Å². The normalized spacial score (nSPS) is 12.6.